The van der Waals surface area contributed by atoms with Crippen LogP contribution in [0.3, 0.4) is 0 Å². The third kappa shape index (κ3) is 7.37. The standard InChI is InChI=1S/C21H22BrClN4O4/c1-12(2)19(26-20(29)14-5-3-4-6-16(14)23)21(30)27-25-10-13-7-8-17(15(22)9-13)31-11-18(24)28/h3-10,12,19H,11H2,1-2H3,(H2,24,28)(H,26,29)(H,27,30). The van der Waals surface area contributed by atoms with Crippen LogP contribution in [0, 0.1) is 5.92 Å². The van der Waals surface area contributed by atoms with Crippen molar-refractivity contribution in [3.05, 3.63) is 63.1 Å². The molecule has 0 fully saturated rings. The maximum atomic E-state index is 12.6. The van der Waals surface area contributed by atoms with E-state index in [1.807, 2.05) is 13.8 Å². The minimum absolute atomic E-state index is 0.183. The Morgan fingerprint density at radius 3 is 2.55 bits per heavy atom. The molecular formula is C21H22BrClN4O4. The third-order valence-corrected chi connectivity index (χ3v) is 5.02. The molecule has 10 heteroatoms. The second kappa shape index (κ2) is 11.5. The predicted octanol–water partition coefficient (Wildman–Crippen LogP) is 2.87. The molecule has 1 atom stereocenters. The molecule has 31 heavy (non-hydrogen) atoms. The van der Waals surface area contributed by atoms with E-state index in [0.29, 0.717) is 20.8 Å². The van der Waals surface area contributed by atoms with Crippen LogP contribution in [-0.4, -0.2) is 36.6 Å². The van der Waals surface area contributed by atoms with Crippen LogP contribution in [0.4, 0.5) is 0 Å². The summed E-state index contributed by atoms with van der Waals surface area (Å²) in [6.07, 6.45) is 1.44. The van der Waals surface area contributed by atoms with Crippen molar-refractivity contribution >= 4 is 51.5 Å². The van der Waals surface area contributed by atoms with Crippen molar-refractivity contribution in [2.75, 3.05) is 6.61 Å². The number of carbonyl (C=O) groups excluding carboxylic acids is 3. The van der Waals surface area contributed by atoms with Gasteiger partial charge in [0, 0.05) is 0 Å². The molecule has 0 radical (unpaired) electrons. The van der Waals surface area contributed by atoms with E-state index in [9.17, 15) is 14.4 Å². The lowest BCUT2D eigenvalue weighted by Crippen LogP contribution is -2.48. The van der Waals surface area contributed by atoms with Crippen molar-refractivity contribution < 1.29 is 19.1 Å². The molecule has 0 aliphatic heterocycles. The average Bonchev–Trinajstić information content (AvgIpc) is 2.71. The lowest BCUT2D eigenvalue weighted by Gasteiger charge is -2.20. The quantitative estimate of drug-likeness (QED) is 0.355. The summed E-state index contributed by atoms with van der Waals surface area (Å²) in [6.45, 7) is 3.38. The summed E-state index contributed by atoms with van der Waals surface area (Å²) < 4.78 is 5.84. The molecule has 0 heterocycles. The van der Waals surface area contributed by atoms with Crippen LogP contribution in [-0.2, 0) is 9.59 Å². The summed E-state index contributed by atoms with van der Waals surface area (Å²) in [6, 6.07) is 10.8. The molecule has 4 N–H and O–H groups in total. The molecular weight excluding hydrogens is 488 g/mol. The summed E-state index contributed by atoms with van der Waals surface area (Å²) in [5.41, 5.74) is 8.44. The van der Waals surface area contributed by atoms with Crippen molar-refractivity contribution in [1.29, 1.82) is 0 Å². The number of nitrogens with zero attached hydrogens (tertiary/aromatic N) is 1. The Morgan fingerprint density at radius 2 is 1.94 bits per heavy atom. The predicted molar refractivity (Wildman–Crippen MR) is 122 cm³/mol. The van der Waals surface area contributed by atoms with E-state index in [2.05, 4.69) is 31.8 Å². The number of hydrogen-bond donors (Lipinski definition) is 3. The Balaban J connectivity index is 2.00. The number of amides is 3. The SMILES string of the molecule is CC(C)C(NC(=O)c1ccccc1Cl)C(=O)NN=Cc1ccc(OCC(N)=O)c(Br)c1. The largest absolute Gasteiger partial charge is 0.483 e. The maximum Gasteiger partial charge on any atom is 0.262 e. The monoisotopic (exact) mass is 508 g/mol. The van der Waals surface area contributed by atoms with Gasteiger partial charge in [0.1, 0.15) is 11.8 Å². The molecule has 2 aromatic rings. The Kier molecular flexibility index (Phi) is 9.02. The van der Waals surface area contributed by atoms with Gasteiger partial charge < -0.3 is 15.8 Å². The minimum atomic E-state index is -0.808. The van der Waals surface area contributed by atoms with Gasteiger partial charge in [-0.2, -0.15) is 5.10 Å². The van der Waals surface area contributed by atoms with E-state index in [-0.39, 0.29) is 18.1 Å². The van der Waals surface area contributed by atoms with Gasteiger partial charge in [-0.15, -0.1) is 0 Å². The number of nitrogens with two attached hydrogens (primary N) is 1. The zero-order valence-electron chi connectivity index (χ0n) is 16.9. The minimum Gasteiger partial charge on any atom is -0.483 e. The lowest BCUT2D eigenvalue weighted by molar-refractivity contribution is -0.124. The number of hydrazone groups is 1. The van der Waals surface area contributed by atoms with Gasteiger partial charge in [-0.1, -0.05) is 37.6 Å². The van der Waals surface area contributed by atoms with Crippen molar-refractivity contribution in [3.8, 4) is 5.75 Å². The number of nitrogens with one attached hydrogen (secondary N) is 2. The van der Waals surface area contributed by atoms with E-state index in [0.717, 1.165) is 0 Å². The highest BCUT2D eigenvalue weighted by molar-refractivity contribution is 9.10. The highest BCUT2D eigenvalue weighted by Gasteiger charge is 2.25. The third-order valence-electron chi connectivity index (χ3n) is 4.07. The molecule has 1 unspecified atom stereocenters. The van der Waals surface area contributed by atoms with Gasteiger partial charge in [-0.05, 0) is 57.7 Å². The first-order valence-corrected chi connectivity index (χ1v) is 10.4. The first kappa shape index (κ1) is 24.4. The van der Waals surface area contributed by atoms with Crippen LogP contribution in [0.15, 0.2) is 52.0 Å². The van der Waals surface area contributed by atoms with Gasteiger partial charge >= 0.3 is 0 Å². The van der Waals surface area contributed by atoms with Gasteiger partial charge in [0.05, 0.1) is 21.3 Å². The van der Waals surface area contributed by atoms with E-state index >= 15 is 0 Å². The van der Waals surface area contributed by atoms with Crippen LogP contribution in [0.25, 0.3) is 0 Å². The van der Waals surface area contributed by atoms with E-state index in [1.54, 1.807) is 42.5 Å². The lowest BCUT2D eigenvalue weighted by atomic mass is 10.0. The molecule has 0 saturated heterocycles. The highest BCUT2D eigenvalue weighted by Crippen LogP contribution is 2.25. The molecule has 2 rings (SSSR count). The molecule has 0 spiro atoms. The highest BCUT2D eigenvalue weighted by atomic mass is 79.9. The second-order valence-corrected chi connectivity index (χ2v) is 8.12. The summed E-state index contributed by atoms with van der Waals surface area (Å²) in [5, 5.41) is 6.94. The van der Waals surface area contributed by atoms with Crippen LogP contribution in [0.5, 0.6) is 5.75 Å². The fourth-order valence-corrected chi connectivity index (χ4v) is 3.24. The first-order chi connectivity index (χ1) is 14.7. The molecule has 0 saturated carbocycles. The smallest absolute Gasteiger partial charge is 0.262 e. The number of halogens is 2. The van der Waals surface area contributed by atoms with Crippen molar-refractivity contribution in [3.63, 3.8) is 0 Å². The fourth-order valence-electron chi connectivity index (χ4n) is 2.50. The van der Waals surface area contributed by atoms with E-state index in [1.165, 1.54) is 6.21 Å². The van der Waals surface area contributed by atoms with E-state index in [4.69, 9.17) is 22.1 Å². The molecule has 3 amide bonds. The normalized spacial score (nSPS) is 11.9. The zero-order valence-corrected chi connectivity index (χ0v) is 19.2. The number of hydrogen-bond acceptors (Lipinski definition) is 5. The van der Waals surface area contributed by atoms with Gasteiger partial charge in [-0.25, -0.2) is 5.43 Å². The molecule has 0 aliphatic rings. The number of carbonyl (C=O) groups is 3. The summed E-state index contributed by atoms with van der Waals surface area (Å²) in [7, 11) is 0. The molecule has 8 nitrogen and oxygen atoms in total. The topological polar surface area (TPSA) is 123 Å². The average molecular weight is 510 g/mol. The summed E-state index contributed by atoms with van der Waals surface area (Å²) >= 11 is 9.38. The molecule has 0 aromatic heterocycles. The number of rotatable bonds is 9. The second-order valence-electron chi connectivity index (χ2n) is 6.85. The number of primary amides is 1. The van der Waals surface area contributed by atoms with Crippen molar-refractivity contribution in [2.24, 2.45) is 16.8 Å². The maximum absolute atomic E-state index is 12.6. The van der Waals surface area contributed by atoms with Crippen molar-refractivity contribution in [2.45, 2.75) is 19.9 Å². The Morgan fingerprint density at radius 1 is 1.23 bits per heavy atom. The summed E-state index contributed by atoms with van der Waals surface area (Å²) in [4.78, 5) is 35.8. The fraction of sp³-hybridized carbons (Fsp3) is 0.238. The zero-order chi connectivity index (χ0) is 23.0. The number of ether oxygens (including phenoxy) is 1. The molecule has 2 aromatic carbocycles. The van der Waals surface area contributed by atoms with Gasteiger partial charge in [0.15, 0.2) is 6.61 Å². The Labute approximate surface area is 193 Å². The van der Waals surface area contributed by atoms with Crippen LogP contribution >= 0.6 is 27.5 Å². The Hall–Kier alpha value is -2.91. The van der Waals surface area contributed by atoms with E-state index < -0.39 is 23.8 Å². The molecule has 0 aliphatic carbocycles. The van der Waals surface area contributed by atoms with Gasteiger partial charge in [-0.3, -0.25) is 14.4 Å². The van der Waals surface area contributed by atoms with Crippen LogP contribution in [0.1, 0.15) is 29.8 Å². The van der Waals surface area contributed by atoms with Gasteiger partial charge in [0.2, 0.25) is 0 Å². The molecule has 0 bridgehead atoms. The van der Waals surface area contributed by atoms with Crippen LogP contribution < -0.4 is 21.2 Å². The van der Waals surface area contributed by atoms with Crippen LogP contribution in [0.2, 0.25) is 5.02 Å². The molecule has 164 valence electrons. The Bertz CT molecular complexity index is 997. The van der Waals surface area contributed by atoms with Gasteiger partial charge in [0.25, 0.3) is 17.7 Å². The summed E-state index contributed by atoms with van der Waals surface area (Å²) in [5.74, 6) is -1.23. The number of benzene rings is 2. The van der Waals surface area contributed by atoms with Crippen molar-refractivity contribution in [1.82, 2.24) is 10.7 Å². The first-order valence-electron chi connectivity index (χ1n) is 9.28.